The van der Waals surface area contributed by atoms with Crippen molar-refractivity contribution in [1.29, 1.82) is 0 Å². The minimum atomic E-state index is 0. The fourth-order valence-corrected chi connectivity index (χ4v) is 6.36. The average molecular weight is 815 g/mol. The van der Waals surface area contributed by atoms with Crippen LogP contribution in [-0.2, 0) is 34.2 Å². The standard InChI is InChI=1S/C23H27.C22H25.2CH3.2ClH.Si.Zr/c1-15(2)19-11-12-20(22-14-16(3)13-21(19)22)17-7-9-18(10-8-17)23(4,5)6;1-15(2)18-13-17-7-6-8-20(21(17)14-18)16-9-11-19(12-10-16)22(3,4)5;;;;;;/h7-15H,1-6H3;6-15H,1-5H3;2*1H3;2*1H;;/q4*-1;;;;. The summed E-state index contributed by atoms with van der Waals surface area (Å²) in [7, 11) is 0. The molecule has 0 nitrogen and oxygen atoms in total. The van der Waals surface area contributed by atoms with Gasteiger partial charge >= 0.3 is 30.2 Å². The molecule has 4 heteroatoms. The summed E-state index contributed by atoms with van der Waals surface area (Å²) in [5, 5.41) is 5.52. The van der Waals surface area contributed by atoms with Crippen molar-refractivity contribution in [2.24, 2.45) is 0 Å². The van der Waals surface area contributed by atoms with Crippen molar-refractivity contribution < 1.29 is 23.3 Å². The summed E-state index contributed by atoms with van der Waals surface area (Å²) in [5.41, 5.74) is 12.7. The van der Waals surface area contributed by atoms with Gasteiger partial charge in [-0.1, -0.05) is 154 Å². The van der Waals surface area contributed by atoms with E-state index in [4.69, 9.17) is 0 Å². The number of hydrogen-bond acceptors (Lipinski definition) is 0. The molecule has 6 rings (SSSR count). The van der Waals surface area contributed by atoms with E-state index in [2.05, 4.69) is 186 Å². The minimum absolute atomic E-state index is 0. The van der Waals surface area contributed by atoms with Gasteiger partial charge in [0, 0.05) is 0 Å². The van der Waals surface area contributed by atoms with Crippen LogP contribution < -0.4 is 0 Å². The number of rotatable bonds is 4. The van der Waals surface area contributed by atoms with Gasteiger partial charge in [-0.15, -0.1) is 93.4 Å². The first-order valence-electron chi connectivity index (χ1n) is 17.0. The molecule has 0 bridgehead atoms. The number of fused-ring (bicyclic) bond motifs is 2. The molecule has 0 aliphatic carbocycles. The van der Waals surface area contributed by atoms with Gasteiger partial charge in [-0.3, -0.25) is 0 Å². The fourth-order valence-electron chi connectivity index (χ4n) is 6.36. The summed E-state index contributed by atoms with van der Waals surface area (Å²) in [5.74, 6) is 1.13. The molecule has 6 aromatic carbocycles. The van der Waals surface area contributed by atoms with Crippen molar-refractivity contribution in [3.63, 3.8) is 0 Å². The summed E-state index contributed by atoms with van der Waals surface area (Å²) in [4.78, 5) is 0. The van der Waals surface area contributed by atoms with Crippen LogP contribution in [0.25, 0.3) is 43.8 Å². The van der Waals surface area contributed by atoms with Crippen LogP contribution in [0.5, 0.6) is 0 Å². The zero-order valence-corrected chi connectivity index (χ0v) is 38.4. The Bertz CT molecular complexity index is 1930. The maximum absolute atomic E-state index is 3.06. The van der Waals surface area contributed by atoms with Gasteiger partial charge < -0.3 is 14.9 Å². The van der Waals surface area contributed by atoms with Crippen LogP contribution in [0.3, 0.4) is 0 Å². The third kappa shape index (κ3) is 11.6. The summed E-state index contributed by atoms with van der Waals surface area (Å²) >= 11 is 1.36. The molecular formula is C47H60Cl2SiZr-4. The number of benzene rings is 4. The molecule has 0 saturated carbocycles. The molecule has 0 heterocycles. The van der Waals surface area contributed by atoms with Crippen LogP contribution in [0.2, 0.25) is 0 Å². The Hall–Kier alpha value is -2.22. The third-order valence-corrected chi connectivity index (χ3v) is 9.25. The molecule has 51 heavy (non-hydrogen) atoms. The van der Waals surface area contributed by atoms with Crippen LogP contribution in [-0.4, -0.2) is 6.88 Å². The van der Waals surface area contributed by atoms with Crippen molar-refractivity contribution in [2.75, 3.05) is 0 Å². The van der Waals surface area contributed by atoms with Crippen molar-refractivity contribution in [2.45, 2.75) is 98.8 Å². The van der Waals surface area contributed by atoms with Crippen molar-refractivity contribution in [3.8, 4) is 22.3 Å². The van der Waals surface area contributed by atoms with Gasteiger partial charge in [-0.2, -0.15) is 12.1 Å². The Balaban J connectivity index is 0.000000870. The van der Waals surface area contributed by atoms with Gasteiger partial charge in [0.2, 0.25) is 0 Å². The van der Waals surface area contributed by atoms with E-state index in [1.807, 2.05) is 0 Å². The molecule has 0 N–H and O–H groups in total. The predicted molar refractivity (Wildman–Crippen MR) is 233 cm³/mol. The molecule has 0 aromatic heterocycles. The molecule has 0 fully saturated rings. The molecule has 0 atom stereocenters. The number of aryl methyl sites for hydroxylation is 1. The number of hydrogen-bond donors (Lipinski definition) is 0. The first-order chi connectivity index (χ1) is 22.1. The Labute approximate surface area is 341 Å². The Morgan fingerprint density at radius 2 is 1.04 bits per heavy atom. The molecule has 0 saturated heterocycles. The zero-order chi connectivity index (χ0) is 34.7. The summed E-state index contributed by atoms with van der Waals surface area (Å²) in [6.45, 7) is 27.9. The molecule has 2 radical (unpaired) electrons. The van der Waals surface area contributed by atoms with Crippen molar-refractivity contribution in [3.05, 3.63) is 146 Å². The summed E-state index contributed by atoms with van der Waals surface area (Å²) in [6.07, 6.45) is 0. The van der Waals surface area contributed by atoms with Gasteiger partial charge in [-0.05, 0) is 39.0 Å². The van der Waals surface area contributed by atoms with Crippen LogP contribution in [0, 0.1) is 21.8 Å². The Morgan fingerprint density at radius 1 is 0.569 bits per heavy atom. The van der Waals surface area contributed by atoms with E-state index < -0.39 is 0 Å². The maximum atomic E-state index is 3.06. The van der Waals surface area contributed by atoms with Gasteiger partial charge in [0.15, 0.2) is 0 Å². The van der Waals surface area contributed by atoms with Crippen LogP contribution in [0.4, 0.5) is 0 Å². The van der Waals surface area contributed by atoms with E-state index in [9.17, 15) is 0 Å². The van der Waals surface area contributed by atoms with E-state index in [1.165, 1.54) is 95.0 Å². The molecule has 274 valence electrons. The van der Waals surface area contributed by atoms with Gasteiger partial charge in [0.25, 0.3) is 0 Å². The Morgan fingerprint density at radius 3 is 1.47 bits per heavy atom. The van der Waals surface area contributed by atoms with Gasteiger partial charge in [-0.25, -0.2) is 0 Å². The van der Waals surface area contributed by atoms with E-state index in [0.717, 1.165) is 0 Å². The molecule has 0 unspecified atom stereocenters. The van der Waals surface area contributed by atoms with Gasteiger partial charge in [0.05, 0.1) is 0 Å². The molecule has 0 spiro atoms. The summed E-state index contributed by atoms with van der Waals surface area (Å²) in [6, 6.07) is 38.7. The predicted octanol–water partition coefficient (Wildman–Crippen LogP) is 15.0. The number of halogens is 2. The second kappa shape index (κ2) is 20.3. The zero-order valence-electron chi connectivity index (χ0n) is 33.3. The molecule has 0 aliphatic heterocycles. The van der Waals surface area contributed by atoms with E-state index in [1.54, 1.807) is 0 Å². The third-order valence-electron chi connectivity index (χ3n) is 9.25. The van der Waals surface area contributed by atoms with Crippen LogP contribution in [0.1, 0.15) is 109 Å². The fraction of sp³-hybridized carbons (Fsp3) is 0.319. The quantitative estimate of drug-likeness (QED) is 0.123. The topological polar surface area (TPSA) is 0 Å². The Kier molecular flexibility index (Phi) is 19.4. The SMILES string of the molecule is CC(C)c1cc2c(-c3ccc(C(C)(C)C)cc3)cccc2[cH-]1.Cc1cc2c(-c3ccc(C(C)(C)C)cc3)ccc(C(C)C)c2[cH-]1.Cl.Cl.[CH3-].[CH3-].[Si]=[Zr]. The summed E-state index contributed by atoms with van der Waals surface area (Å²) < 4.78 is 0. The molecule has 0 aliphatic rings. The second-order valence-corrected chi connectivity index (χ2v) is 15.6. The van der Waals surface area contributed by atoms with Crippen LogP contribution >= 0.6 is 24.8 Å². The normalized spacial score (nSPS) is 10.9. The van der Waals surface area contributed by atoms with Crippen molar-refractivity contribution >= 4 is 53.2 Å². The average Bonchev–Trinajstić information content (AvgIpc) is 3.65. The van der Waals surface area contributed by atoms with E-state index >= 15 is 0 Å². The molecular weight excluding hydrogens is 755 g/mol. The first kappa shape index (κ1) is 48.8. The van der Waals surface area contributed by atoms with E-state index in [0.29, 0.717) is 11.8 Å². The van der Waals surface area contributed by atoms with Crippen molar-refractivity contribution in [1.82, 2.24) is 0 Å². The van der Waals surface area contributed by atoms with Crippen LogP contribution in [0.15, 0.2) is 103 Å². The monoisotopic (exact) mass is 812 g/mol. The second-order valence-electron chi connectivity index (χ2n) is 15.6. The van der Waals surface area contributed by atoms with E-state index in [-0.39, 0.29) is 50.5 Å². The molecule has 6 aromatic rings. The first-order valence-corrected chi connectivity index (χ1v) is 21.2. The molecule has 0 amide bonds. The van der Waals surface area contributed by atoms with Gasteiger partial charge in [0.1, 0.15) is 0 Å².